The Morgan fingerprint density at radius 3 is 2.87 bits per heavy atom. The number of alkyl halides is 1. The van der Waals surface area contributed by atoms with Gasteiger partial charge in [0.2, 0.25) is 5.91 Å². The van der Waals surface area contributed by atoms with Crippen LogP contribution in [-0.4, -0.2) is 27.6 Å². The number of amides is 3. The third-order valence-electron chi connectivity index (χ3n) is 1.59. The summed E-state index contributed by atoms with van der Waals surface area (Å²) >= 11 is 5.22. The summed E-state index contributed by atoms with van der Waals surface area (Å²) < 4.78 is 1.65. The van der Waals surface area contributed by atoms with E-state index in [1.54, 1.807) is 10.9 Å². The Balaban J connectivity index is 2.47. The Morgan fingerprint density at radius 2 is 2.33 bits per heavy atom. The standard InChI is InChI=1S/C8H11ClN4O2/c1-2-13-5-6(4-10-13)11-8(15)12-7(14)3-9/h4-5H,2-3H2,1H3,(H2,11,12,14,15). The molecule has 82 valence electrons. The lowest BCUT2D eigenvalue weighted by molar-refractivity contribution is -0.117. The highest BCUT2D eigenvalue weighted by atomic mass is 35.5. The molecule has 2 N–H and O–H groups in total. The second kappa shape index (κ2) is 5.35. The summed E-state index contributed by atoms with van der Waals surface area (Å²) in [5.74, 6) is -0.793. The summed E-state index contributed by atoms with van der Waals surface area (Å²) in [6, 6.07) is -0.615. The maximum Gasteiger partial charge on any atom is 0.326 e. The second-order valence-electron chi connectivity index (χ2n) is 2.72. The molecule has 0 saturated heterocycles. The van der Waals surface area contributed by atoms with E-state index in [0.717, 1.165) is 0 Å². The van der Waals surface area contributed by atoms with Gasteiger partial charge in [-0.15, -0.1) is 11.6 Å². The fraction of sp³-hybridized carbons (Fsp3) is 0.375. The molecular weight excluding hydrogens is 220 g/mol. The zero-order valence-electron chi connectivity index (χ0n) is 8.16. The third kappa shape index (κ3) is 3.59. The molecule has 7 heteroatoms. The van der Waals surface area contributed by atoms with Crippen molar-refractivity contribution in [3.05, 3.63) is 12.4 Å². The van der Waals surface area contributed by atoms with E-state index in [1.165, 1.54) is 6.20 Å². The van der Waals surface area contributed by atoms with Crippen molar-refractivity contribution in [3.63, 3.8) is 0 Å². The number of rotatable bonds is 3. The average Bonchev–Trinajstić information content (AvgIpc) is 2.65. The molecule has 0 bridgehead atoms. The molecule has 1 heterocycles. The lowest BCUT2D eigenvalue weighted by Crippen LogP contribution is -2.34. The minimum Gasteiger partial charge on any atom is -0.305 e. The van der Waals surface area contributed by atoms with Gasteiger partial charge in [-0.1, -0.05) is 0 Å². The summed E-state index contributed by atoms with van der Waals surface area (Å²) in [6.45, 7) is 2.64. The molecule has 0 aromatic carbocycles. The summed E-state index contributed by atoms with van der Waals surface area (Å²) in [6.07, 6.45) is 3.15. The molecule has 1 rings (SSSR count). The van der Waals surface area contributed by atoms with E-state index in [-0.39, 0.29) is 5.88 Å². The van der Waals surface area contributed by atoms with Crippen molar-refractivity contribution in [1.82, 2.24) is 15.1 Å². The fourth-order valence-electron chi connectivity index (χ4n) is 0.923. The molecule has 1 aromatic rings. The quantitative estimate of drug-likeness (QED) is 0.754. The number of carbonyl (C=O) groups excluding carboxylic acids is 2. The number of anilines is 1. The number of halogens is 1. The van der Waals surface area contributed by atoms with Crippen molar-refractivity contribution in [2.45, 2.75) is 13.5 Å². The van der Waals surface area contributed by atoms with E-state index in [4.69, 9.17) is 11.6 Å². The highest BCUT2D eigenvalue weighted by Crippen LogP contribution is 2.03. The summed E-state index contributed by atoms with van der Waals surface area (Å²) in [5, 5.41) is 8.45. The zero-order chi connectivity index (χ0) is 11.3. The first kappa shape index (κ1) is 11.5. The number of imide groups is 1. The largest absolute Gasteiger partial charge is 0.326 e. The Hall–Kier alpha value is -1.56. The molecule has 6 nitrogen and oxygen atoms in total. The van der Waals surface area contributed by atoms with Gasteiger partial charge in [0.05, 0.1) is 11.9 Å². The van der Waals surface area contributed by atoms with Crippen LogP contribution in [0.2, 0.25) is 0 Å². The van der Waals surface area contributed by atoms with E-state index in [2.05, 4.69) is 10.4 Å². The monoisotopic (exact) mass is 230 g/mol. The van der Waals surface area contributed by atoms with E-state index >= 15 is 0 Å². The normalized spacial score (nSPS) is 9.73. The summed E-state index contributed by atoms with van der Waals surface area (Å²) in [7, 11) is 0. The Labute approximate surface area is 91.6 Å². The molecule has 0 saturated carbocycles. The molecule has 0 radical (unpaired) electrons. The number of nitrogens with one attached hydrogen (secondary N) is 2. The highest BCUT2D eigenvalue weighted by Gasteiger charge is 2.07. The van der Waals surface area contributed by atoms with Crippen molar-refractivity contribution in [1.29, 1.82) is 0 Å². The minimum atomic E-state index is -0.615. The van der Waals surface area contributed by atoms with Crippen molar-refractivity contribution in [2.75, 3.05) is 11.2 Å². The summed E-state index contributed by atoms with van der Waals surface area (Å²) in [4.78, 5) is 21.9. The van der Waals surface area contributed by atoms with Crippen LogP contribution in [0.5, 0.6) is 0 Å². The van der Waals surface area contributed by atoms with Crippen molar-refractivity contribution >= 4 is 29.2 Å². The first-order valence-electron chi connectivity index (χ1n) is 4.35. The number of hydrogen-bond donors (Lipinski definition) is 2. The molecule has 0 unspecified atom stereocenters. The third-order valence-corrected chi connectivity index (χ3v) is 1.83. The molecular formula is C8H11ClN4O2. The SMILES string of the molecule is CCn1cc(NC(=O)NC(=O)CCl)cn1. The van der Waals surface area contributed by atoms with Crippen LogP contribution in [0.4, 0.5) is 10.5 Å². The van der Waals surface area contributed by atoms with Gasteiger partial charge in [0.1, 0.15) is 5.88 Å². The van der Waals surface area contributed by atoms with Crippen LogP contribution >= 0.6 is 11.6 Å². The van der Waals surface area contributed by atoms with Crippen LogP contribution in [0.25, 0.3) is 0 Å². The van der Waals surface area contributed by atoms with Crippen LogP contribution in [-0.2, 0) is 11.3 Å². The maximum atomic E-state index is 11.1. The lowest BCUT2D eigenvalue weighted by atomic mass is 10.5. The van der Waals surface area contributed by atoms with Crippen LogP contribution in [0.3, 0.4) is 0 Å². The van der Waals surface area contributed by atoms with Gasteiger partial charge in [-0.3, -0.25) is 14.8 Å². The molecule has 15 heavy (non-hydrogen) atoms. The molecule has 0 aliphatic rings. The Bertz CT molecular complexity index is 363. The minimum absolute atomic E-state index is 0.248. The van der Waals surface area contributed by atoms with E-state index in [9.17, 15) is 9.59 Å². The second-order valence-corrected chi connectivity index (χ2v) is 2.99. The van der Waals surface area contributed by atoms with Crippen LogP contribution in [0, 0.1) is 0 Å². The smallest absolute Gasteiger partial charge is 0.305 e. The molecule has 0 spiro atoms. The molecule has 0 aliphatic heterocycles. The van der Waals surface area contributed by atoms with Gasteiger partial charge in [0, 0.05) is 12.7 Å². The van der Waals surface area contributed by atoms with Gasteiger partial charge in [-0.2, -0.15) is 5.10 Å². The lowest BCUT2D eigenvalue weighted by Gasteiger charge is -2.01. The topological polar surface area (TPSA) is 76.0 Å². The van der Waals surface area contributed by atoms with Crippen molar-refractivity contribution < 1.29 is 9.59 Å². The average molecular weight is 231 g/mol. The van der Waals surface area contributed by atoms with E-state index in [0.29, 0.717) is 12.2 Å². The first-order valence-corrected chi connectivity index (χ1v) is 4.88. The molecule has 1 aromatic heterocycles. The van der Waals surface area contributed by atoms with Crippen molar-refractivity contribution in [3.8, 4) is 0 Å². The highest BCUT2D eigenvalue weighted by molar-refractivity contribution is 6.28. The fourth-order valence-corrected chi connectivity index (χ4v) is 0.990. The van der Waals surface area contributed by atoms with Crippen LogP contribution in [0.1, 0.15) is 6.92 Å². The number of carbonyl (C=O) groups is 2. The summed E-state index contributed by atoms with van der Waals surface area (Å²) in [5.41, 5.74) is 0.525. The zero-order valence-corrected chi connectivity index (χ0v) is 8.91. The van der Waals surface area contributed by atoms with Gasteiger partial charge in [-0.25, -0.2) is 4.79 Å². The van der Waals surface area contributed by atoms with Gasteiger partial charge < -0.3 is 5.32 Å². The Kier molecular flexibility index (Phi) is 4.11. The molecule has 0 fully saturated rings. The van der Waals surface area contributed by atoms with Gasteiger partial charge in [-0.05, 0) is 6.92 Å². The van der Waals surface area contributed by atoms with E-state index in [1.807, 2.05) is 12.2 Å². The number of aryl methyl sites for hydroxylation is 1. The van der Waals surface area contributed by atoms with Crippen LogP contribution in [0.15, 0.2) is 12.4 Å². The predicted octanol–water partition coefficient (Wildman–Crippen LogP) is 0.790. The van der Waals surface area contributed by atoms with Gasteiger partial charge in [0.15, 0.2) is 0 Å². The first-order chi connectivity index (χ1) is 7.15. The maximum absolute atomic E-state index is 11.1. The number of hydrogen-bond acceptors (Lipinski definition) is 3. The van der Waals surface area contributed by atoms with Gasteiger partial charge >= 0.3 is 6.03 Å². The number of nitrogens with zero attached hydrogens (tertiary/aromatic N) is 2. The van der Waals surface area contributed by atoms with Crippen LogP contribution < -0.4 is 10.6 Å². The Morgan fingerprint density at radius 1 is 1.60 bits per heavy atom. The molecule has 3 amide bonds. The van der Waals surface area contributed by atoms with Gasteiger partial charge in [0.25, 0.3) is 0 Å². The molecule has 0 aliphatic carbocycles. The van der Waals surface area contributed by atoms with E-state index < -0.39 is 11.9 Å². The predicted molar refractivity (Wildman–Crippen MR) is 55.8 cm³/mol. The van der Waals surface area contributed by atoms with Crippen molar-refractivity contribution in [2.24, 2.45) is 0 Å². The number of aromatic nitrogens is 2. The number of urea groups is 1. The molecule has 0 atom stereocenters.